The van der Waals surface area contributed by atoms with Gasteiger partial charge in [0.2, 0.25) is 0 Å². The van der Waals surface area contributed by atoms with Crippen LogP contribution in [0.4, 0.5) is 10.1 Å². The van der Waals surface area contributed by atoms with Crippen molar-refractivity contribution < 1.29 is 9.13 Å². The highest BCUT2D eigenvalue weighted by Crippen LogP contribution is 2.20. The van der Waals surface area contributed by atoms with E-state index in [1.807, 2.05) is 44.7 Å². The van der Waals surface area contributed by atoms with E-state index in [2.05, 4.69) is 15.6 Å². The molecule has 2 N–H and O–H groups in total. The predicted molar refractivity (Wildman–Crippen MR) is 124 cm³/mol. The second kappa shape index (κ2) is 15.9. The first-order chi connectivity index (χ1) is 12.7. The van der Waals surface area contributed by atoms with Crippen LogP contribution in [0.3, 0.4) is 0 Å². The molecule has 0 bridgehead atoms. The number of anilines is 1. The molecule has 27 heavy (non-hydrogen) atoms. The highest BCUT2D eigenvalue weighted by Gasteiger charge is 2.09. The standard InChI is InChI=1S/C20H35FN4O.HI/c1-5-22-20(23-13-9-10-14-26-8-4)24-16-17-11-12-19(18(21)15-17)25(6-2)7-3;/h11-12,15H,5-10,13-14,16H2,1-4H3,(H2,22,23,24);1H. The van der Waals surface area contributed by atoms with E-state index in [4.69, 9.17) is 4.74 Å². The molecule has 5 nitrogen and oxygen atoms in total. The Morgan fingerprint density at radius 3 is 2.44 bits per heavy atom. The number of hydrogen-bond acceptors (Lipinski definition) is 3. The van der Waals surface area contributed by atoms with Crippen molar-refractivity contribution in [2.75, 3.05) is 44.3 Å². The lowest BCUT2D eigenvalue weighted by Crippen LogP contribution is -2.37. The number of unbranched alkanes of at least 4 members (excludes halogenated alkanes) is 1. The minimum Gasteiger partial charge on any atom is -0.382 e. The molecule has 1 aromatic rings. The van der Waals surface area contributed by atoms with Crippen LogP contribution in [-0.4, -0.2) is 45.4 Å². The first-order valence-electron chi connectivity index (χ1n) is 9.79. The van der Waals surface area contributed by atoms with Crippen molar-refractivity contribution in [1.82, 2.24) is 10.6 Å². The third-order valence-electron chi connectivity index (χ3n) is 4.09. The molecule has 1 rings (SSSR count). The van der Waals surface area contributed by atoms with Crippen molar-refractivity contribution in [3.05, 3.63) is 29.6 Å². The minimum atomic E-state index is -0.185. The lowest BCUT2D eigenvalue weighted by Gasteiger charge is -2.21. The zero-order chi connectivity index (χ0) is 19.2. The summed E-state index contributed by atoms with van der Waals surface area (Å²) in [5.41, 5.74) is 1.52. The summed E-state index contributed by atoms with van der Waals surface area (Å²) in [4.78, 5) is 6.57. The molecule has 7 heteroatoms. The van der Waals surface area contributed by atoms with Crippen LogP contribution in [0.1, 0.15) is 46.1 Å². The maximum atomic E-state index is 14.4. The largest absolute Gasteiger partial charge is 0.382 e. The van der Waals surface area contributed by atoms with E-state index < -0.39 is 0 Å². The molecule has 0 saturated heterocycles. The molecule has 1 aromatic carbocycles. The molecule has 0 aliphatic rings. The van der Waals surface area contributed by atoms with Gasteiger partial charge in [-0.1, -0.05) is 6.07 Å². The summed E-state index contributed by atoms with van der Waals surface area (Å²) in [5, 5.41) is 6.53. The Labute approximate surface area is 181 Å². The van der Waals surface area contributed by atoms with Gasteiger partial charge in [-0.15, -0.1) is 24.0 Å². The summed E-state index contributed by atoms with van der Waals surface area (Å²) in [6.45, 7) is 13.3. The number of nitrogens with zero attached hydrogens (tertiary/aromatic N) is 2. The average Bonchev–Trinajstić information content (AvgIpc) is 2.64. The molecule has 0 aromatic heterocycles. The number of halogens is 2. The van der Waals surface area contributed by atoms with Gasteiger partial charge in [-0.2, -0.15) is 0 Å². The Bertz CT molecular complexity index is 539. The molecule has 0 saturated carbocycles. The highest BCUT2D eigenvalue weighted by atomic mass is 127. The van der Waals surface area contributed by atoms with Crippen LogP contribution in [0.5, 0.6) is 0 Å². The molecule has 0 heterocycles. The van der Waals surface area contributed by atoms with Gasteiger partial charge in [0.25, 0.3) is 0 Å². The molecule has 0 amide bonds. The van der Waals surface area contributed by atoms with E-state index in [9.17, 15) is 4.39 Å². The summed E-state index contributed by atoms with van der Waals surface area (Å²) >= 11 is 0. The second-order valence-electron chi connectivity index (χ2n) is 5.98. The van der Waals surface area contributed by atoms with Gasteiger partial charge >= 0.3 is 0 Å². The van der Waals surface area contributed by atoms with Gasteiger partial charge in [-0.25, -0.2) is 9.38 Å². The maximum absolute atomic E-state index is 14.4. The molecular weight excluding hydrogens is 458 g/mol. The molecule has 0 atom stereocenters. The molecule has 0 spiro atoms. The molecule has 0 unspecified atom stereocenters. The molecule has 156 valence electrons. The van der Waals surface area contributed by atoms with Crippen molar-refractivity contribution in [2.45, 2.75) is 47.1 Å². The van der Waals surface area contributed by atoms with Gasteiger partial charge in [-0.05, 0) is 58.2 Å². The number of benzene rings is 1. The van der Waals surface area contributed by atoms with Gasteiger partial charge in [0, 0.05) is 39.4 Å². The number of guanidine groups is 1. The van der Waals surface area contributed by atoms with Crippen LogP contribution < -0.4 is 15.5 Å². The summed E-state index contributed by atoms with van der Waals surface area (Å²) in [6, 6.07) is 5.38. The van der Waals surface area contributed by atoms with Crippen molar-refractivity contribution in [3.8, 4) is 0 Å². The lowest BCUT2D eigenvalue weighted by molar-refractivity contribution is 0.143. The van der Waals surface area contributed by atoms with E-state index >= 15 is 0 Å². The van der Waals surface area contributed by atoms with Gasteiger partial charge in [0.1, 0.15) is 5.82 Å². The fourth-order valence-corrected chi connectivity index (χ4v) is 2.66. The van der Waals surface area contributed by atoms with Crippen molar-refractivity contribution in [1.29, 1.82) is 0 Å². The third-order valence-corrected chi connectivity index (χ3v) is 4.09. The lowest BCUT2D eigenvalue weighted by atomic mass is 10.2. The predicted octanol–water partition coefficient (Wildman–Crippen LogP) is 4.16. The van der Waals surface area contributed by atoms with Gasteiger partial charge < -0.3 is 20.3 Å². The summed E-state index contributed by atoms with van der Waals surface area (Å²) in [6.07, 6.45) is 2.05. The average molecular weight is 494 g/mol. The van der Waals surface area contributed by atoms with Crippen LogP contribution in [0.2, 0.25) is 0 Å². The van der Waals surface area contributed by atoms with Crippen LogP contribution >= 0.6 is 24.0 Å². The fraction of sp³-hybridized carbons (Fsp3) is 0.650. The SMILES string of the molecule is CCNC(=NCc1ccc(N(CC)CC)c(F)c1)NCCCCOCC.I. The van der Waals surface area contributed by atoms with E-state index in [1.165, 1.54) is 0 Å². The number of rotatable bonds is 12. The summed E-state index contributed by atoms with van der Waals surface area (Å²) in [7, 11) is 0. The van der Waals surface area contributed by atoms with E-state index in [0.717, 1.165) is 63.8 Å². The second-order valence-corrected chi connectivity index (χ2v) is 5.98. The van der Waals surface area contributed by atoms with Crippen LogP contribution in [-0.2, 0) is 11.3 Å². The topological polar surface area (TPSA) is 48.9 Å². The third kappa shape index (κ3) is 10.1. The first-order valence-corrected chi connectivity index (χ1v) is 9.79. The molecular formula is C20H36FIN4O. The van der Waals surface area contributed by atoms with Gasteiger partial charge in [-0.3, -0.25) is 0 Å². The Balaban J connectivity index is 0.00000676. The molecule has 0 radical (unpaired) electrons. The molecule has 0 fully saturated rings. The van der Waals surface area contributed by atoms with Gasteiger partial charge in [0.15, 0.2) is 5.96 Å². The number of aliphatic imine (C=N–C) groups is 1. The first kappa shape index (κ1) is 25.9. The smallest absolute Gasteiger partial charge is 0.191 e. The Kier molecular flexibility index (Phi) is 15.3. The minimum absolute atomic E-state index is 0. The molecule has 0 aliphatic carbocycles. The Morgan fingerprint density at radius 1 is 1.11 bits per heavy atom. The Hall–Kier alpha value is -1.09. The van der Waals surface area contributed by atoms with E-state index in [1.54, 1.807) is 6.07 Å². The molecule has 0 aliphatic heterocycles. The Morgan fingerprint density at radius 2 is 1.85 bits per heavy atom. The normalized spacial score (nSPS) is 11.1. The summed E-state index contributed by atoms with van der Waals surface area (Å²) < 4.78 is 19.7. The van der Waals surface area contributed by atoms with Crippen molar-refractivity contribution >= 4 is 35.6 Å². The van der Waals surface area contributed by atoms with E-state index in [-0.39, 0.29) is 29.8 Å². The fourth-order valence-electron chi connectivity index (χ4n) is 2.66. The number of ether oxygens (including phenoxy) is 1. The van der Waals surface area contributed by atoms with Gasteiger partial charge in [0.05, 0.1) is 12.2 Å². The highest BCUT2D eigenvalue weighted by molar-refractivity contribution is 14.0. The van der Waals surface area contributed by atoms with Crippen LogP contribution in [0.15, 0.2) is 23.2 Å². The summed E-state index contributed by atoms with van der Waals surface area (Å²) in [5.74, 6) is 0.576. The van der Waals surface area contributed by atoms with Crippen molar-refractivity contribution in [2.24, 2.45) is 4.99 Å². The monoisotopic (exact) mass is 494 g/mol. The zero-order valence-corrected chi connectivity index (χ0v) is 19.5. The number of nitrogens with one attached hydrogen (secondary N) is 2. The maximum Gasteiger partial charge on any atom is 0.191 e. The van der Waals surface area contributed by atoms with E-state index in [0.29, 0.717) is 12.2 Å². The van der Waals surface area contributed by atoms with Crippen LogP contribution in [0.25, 0.3) is 0 Å². The van der Waals surface area contributed by atoms with Crippen molar-refractivity contribution in [3.63, 3.8) is 0 Å². The quantitative estimate of drug-likeness (QED) is 0.198. The zero-order valence-electron chi connectivity index (χ0n) is 17.2. The number of hydrogen-bond donors (Lipinski definition) is 2. The van der Waals surface area contributed by atoms with Crippen LogP contribution in [0, 0.1) is 5.82 Å².